The molecule has 130 valence electrons. The van der Waals surface area contributed by atoms with Gasteiger partial charge < -0.3 is 9.80 Å². The van der Waals surface area contributed by atoms with Crippen LogP contribution in [-0.4, -0.2) is 41.4 Å². The molecule has 6 nitrogen and oxygen atoms in total. The van der Waals surface area contributed by atoms with Crippen LogP contribution in [0.25, 0.3) is 0 Å². The van der Waals surface area contributed by atoms with E-state index in [1.165, 1.54) is 12.1 Å². The first-order valence-electron chi connectivity index (χ1n) is 8.02. The zero-order valence-corrected chi connectivity index (χ0v) is 14.5. The van der Waals surface area contributed by atoms with Crippen LogP contribution in [0, 0.1) is 10.1 Å². The van der Waals surface area contributed by atoms with Crippen molar-refractivity contribution >= 4 is 28.9 Å². The van der Waals surface area contributed by atoms with E-state index >= 15 is 0 Å². The van der Waals surface area contributed by atoms with Crippen molar-refractivity contribution in [1.82, 2.24) is 4.90 Å². The van der Waals surface area contributed by atoms with Gasteiger partial charge in [-0.05, 0) is 25.1 Å². The maximum absolute atomic E-state index is 12.6. The Kier molecular flexibility index (Phi) is 4.90. The Labute approximate surface area is 150 Å². The lowest BCUT2D eigenvalue weighted by Crippen LogP contribution is -2.54. The summed E-state index contributed by atoms with van der Waals surface area (Å²) >= 11 is 6.22. The van der Waals surface area contributed by atoms with E-state index in [9.17, 15) is 14.9 Å². The van der Waals surface area contributed by atoms with Gasteiger partial charge in [0.25, 0.3) is 11.6 Å². The predicted molar refractivity (Wildman–Crippen MR) is 97.3 cm³/mol. The average molecular weight is 360 g/mol. The van der Waals surface area contributed by atoms with E-state index in [1.807, 2.05) is 42.2 Å². The Morgan fingerprint density at radius 2 is 1.92 bits per heavy atom. The normalized spacial score (nSPS) is 17.4. The van der Waals surface area contributed by atoms with Crippen molar-refractivity contribution in [1.29, 1.82) is 0 Å². The number of halogens is 1. The first-order valence-corrected chi connectivity index (χ1v) is 8.40. The molecule has 2 aromatic rings. The molecule has 25 heavy (non-hydrogen) atoms. The van der Waals surface area contributed by atoms with Gasteiger partial charge in [0.05, 0.1) is 15.6 Å². The van der Waals surface area contributed by atoms with Crippen molar-refractivity contribution in [2.24, 2.45) is 0 Å². The smallest absolute Gasteiger partial charge is 0.271 e. The van der Waals surface area contributed by atoms with E-state index in [1.54, 1.807) is 6.07 Å². The molecule has 0 spiro atoms. The molecule has 0 unspecified atom stereocenters. The molecule has 1 saturated heterocycles. The predicted octanol–water partition coefficient (Wildman–Crippen LogP) is 3.60. The highest BCUT2D eigenvalue weighted by Crippen LogP contribution is 2.31. The maximum Gasteiger partial charge on any atom is 0.271 e. The number of non-ortho nitro benzene ring substituents is 1. The average Bonchev–Trinajstić information content (AvgIpc) is 2.61. The molecule has 1 atom stereocenters. The summed E-state index contributed by atoms with van der Waals surface area (Å²) in [4.78, 5) is 26.9. The Hall–Kier alpha value is -2.60. The highest BCUT2D eigenvalue weighted by atomic mass is 35.5. The van der Waals surface area contributed by atoms with Crippen LogP contribution in [0.4, 0.5) is 11.4 Å². The van der Waals surface area contributed by atoms with Gasteiger partial charge in [-0.15, -0.1) is 0 Å². The van der Waals surface area contributed by atoms with Gasteiger partial charge in [0.1, 0.15) is 0 Å². The Bertz CT molecular complexity index is 797. The van der Waals surface area contributed by atoms with Crippen molar-refractivity contribution in [2.45, 2.75) is 13.0 Å². The lowest BCUT2D eigenvalue weighted by Gasteiger charge is -2.41. The van der Waals surface area contributed by atoms with Gasteiger partial charge in [0, 0.05) is 43.4 Å². The Morgan fingerprint density at radius 3 is 2.52 bits per heavy atom. The minimum Gasteiger partial charge on any atom is -0.366 e. The number of rotatable bonds is 3. The molecule has 0 bridgehead atoms. The van der Waals surface area contributed by atoms with Crippen molar-refractivity contribution in [3.63, 3.8) is 0 Å². The van der Waals surface area contributed by atoms with E-state index in [4.69, 9.17) is 11.6 Å². The monoisotopic (exact) mass is 359 g/mol. The van der Waals surface area contributed by atoms with Gasteiger partial charge in [-0.1, -0.05) is 29.8 Å². The standard InChI is InChI=1S/C18H18ClN3O3/c1-13-12-20(17-8-7-15(22(24)25)11-16(17)19)9-10-21(13)18(23)14-5-3-2-4-6-14/h2-8,11,13H,9-10,12H2,1H3/t13-/m0/s1. The highest BCUT2D eigenvalue weighted by molar-refractivity contribution is 6.33. The van der Waals surface area contributed by atoms with Crippen LogP contribution in [0.5, 0.6) is 0 Å². The summed E-state index contributed by atoms with van der Waals surface area (Å²) in [7, 11) is 0. The summed E-state index contributed by atoms with van der Waals surface area (Å²) in [6.07, 6.45) is 0. The van der Waals surface area contributed by atoms with Crippen molar-refractivity contribution < 1.29 is 9.72 Å². The second-order valence-electron chi connectivity index (χ2n) is 6.05. The number of nitro benzene ring substituents is 1. The summed E-state index contributed by atoms with van der Waals surface area (Å²) in [5, 5.41) is 11.2. The summed E-state index contributed by atoms with van der Waals surface area (Å²) in [6, 6.07) is 13.7. The van der Waals surface area contributed by atoms with Crippen LogP contribution in [0.1, 0.15) is 17.3 Å². The second kappa shape index (κ2) is 7.11. The van der Waals surface area contributed by atoms with Crippen LogP contribution in [-0.2, 0) is 0 Å². The third-order valence-electron chi connectivity index (χ3n) is 4.39. The number of carbonyl (C=O) groups excluding carboxylic acids is 1. The lowest BCUT2D eigenvalue weighted by molar-refractivity contribution is -0.384. The molecule has 1 aliphatic rings. The zero-order valence-electron chi connectivity index (χ0n) is 13.8. The molecule has 0 radical (unpaired) electrons. The molecular formula is C18H18ClN3O3. The number of hydrogen-bond acceptors (Lipinski definition) is 4. The van der Waals surface area contributed by atoms with Gasteiger partial charge in [-0.3, -0.25) is 14.9 Å². The number of nitrogens with zero attached hydrogens (tertiary/aromatic N) is 3. The minimum absolute atomic E-state index is 0.00714. The number of anilines is 1. The SMILES string of the molecule is C[C@H]1CN(c2ccc([N+](=O)[O-])cc2Cl)CCN1C(=O)c1ccccc1. The quantitative estimate of drug-likeness (QED) is 0.620. The third kappa shape index (κ3) is 3.58. The zero-order chi connectivity index (χ0) is 18.0. The summed E-state index contributed by atoms with van der Waals surface area (Å²) < 4.78 is 0. The van der Waals surface area contributed by atoms with E-state index in [2.05, 4.69) is 4.90 Å². The first-order chi connectivity index (χ1) is 12.0. The van der Waals surface area contributed by atoms with Crippen LogP contribution in [0.3, 0.4) is 0 Å². The van der Waals surface area contributed by atoms with E-state index in [0.29, 0.717) is 30.2 Å². The van der Waals surface area contributed by atoms with Crippen molar-refractivity contribution in [2.75, 3.05) is 24.5 Å². The Balaban J connectivity index is 1.74. The highest BCUT2D eigenvalue weighted by Gasteiger charge is 2.29. The number of hydrogen-bond donors (Lipinski definition) is 0. The van der Waals surface area contributed by atoms with Crippen LogP contribution in [0.2, 0.25) is 5.02 Å². The van der Waals surface area contributed by atoms with Crippen LogP contribution < -0.4 is 4.90 Å². The maximum atomic E-state index is 12.6. The van der Waals surface area contributed by atoms with E-state index < -0.39 is 4.92 Å². The third-order valence-corrected chi connectivity index (χ3v) is 4.69. The largest absolute Gasteiger partial charge is 0.366 e. The van der Waals surface area contributed by atoms with E-state index in [0.717, 1.165) is 5.69 Å². The number of amides is 1. The molecule has 1 fully saturated rings. The van der Waals surface area contributed by atoms with Crippen molar-refractivity contribution in [3.8, 4) is 0 Å². The summed E-state index contributed by atoms with van der Waals surface area (Å²) in [6.45, 7) is 3.81. The van der Waals surface area contributed by atoms with Crippen LogP contribution >= 0.6 is 11.6 Å². The van der Waals surface area contributed by atoms with E-state index in [-0.39, 0.29) is 17.6 Å². The van der Waals surface area contributed by atoms with Gasteiger partial charge in [0.2, 0.25) is 0 Å². The fourth-order valence-electron chi connectivity index (χ4n) is 3.09. The molecule has 1 aliphatic heterocycles. The molecule has 0 N–H and O–H groups in total. The number of piperazine rings is 1. The number of benzene rings is 2. The van der Waals surface area contributed by atoms with Crippen molar-refractivity contribution in [3.05, 3.63) is 69.2 Å². The molecular weight excluding hydrogens is 342 g/mol. The fraction of sp³-hybridized carbons (Fsp3) is 0.278. The molecule has 0 aliphatic carbocycles. The van der Waals surface area contributed by atoms with Gasteiger partial charge >= 0.3 is 0 Å². The molecule has 0 aromatic heterocycles. The molecule has 1 amide bonds. The minimum atomic E-state index is -0.464. The second-order valence-corrected chi connectivity index (χ2v) is 6.46. The fourth-order valence-corrected chi connectivity index (χ4v) is 3.38. The molecule has 3 rings (SSSR count). The van der Waals surface area contributed by atoms with Crippen LogP contribution in [0.15, 0.2) is 48.5 Å². The topological polar surface area (TPSA) is 66.7 Å². The molecule has 2 aromatic carbocycles. The first kappa shape index (κ1) is 17.2. The summed E-state index contributed by atoms with van der Waals surface area (Å²) in [5.74, 6) is 0.0162. The Morgan fingerprint density at radius 1 is 1.20 bits per heavy atom. The molecule has 7 heteroatoms. The molecule has 0 saturated carbocycles. The number of nitro groups is 1. The molecule has 1 heterocycles. The number of carbonyl (C=O) groups is 1. The lowest BCUT2D eigenvalue weighted by atomic mass is 10.1. The van der Waals surface area contributed by atoms with Gasteiger partial charge in [0.15, 0.2) is 0 Å². The van der Waals surface area contributed by atoms with Gasteiger partial charge in [-0.2, -0.15) is 0 Å². The summed E-state index contributed by atoms with van der Waals surface area (Å²) in [5.41, 5.74) is 1.40. The van der Waals surface area contributed by atoms with Gasteiger partial charge in [-0.25, -0.2) is 0 Å².